The molecule has 27 heavy (non-hydrogen) atoms. The van der Waals surface area contributed by atoms with E-state index in [0.717, 1.165) is 47.3 Å². The minimum atomic E-state index is -0.330. The molecule has 1 aromatic heterocycles. The molecular formula is C19H26N4O3S. The first-order valence-electron chi connectivity index (χ1n) is 9.37. The molecule has 7 nitrogen and oxygen atoms in total. The van der Waals surface area contributed by atoms with E-state index in [0.29, 0.717) is 13.1 Å². The Bertz CT molecular complexity index is 831. The number of fused-ring (bicyclic) bond motifs is 1. The first kappa shape index (κ1) is 18.5. The molecule has 1 atom stereocenters. The van der Waals surface area contributed by atoms with Gasteiger partial charge in [0, 0.05) is 25.3 Å². The van der Waals surface area contributed by atoms with Gasteiger partial charge in [0.2, 0.25) is 0 Å². The fourth-order valence-corrected chi connectivity index (χ4v) is 4.75. The number of nitrogens with zero attached hydrogens (tertiary/aromatic N) is 3. The monoisotopic (exact) mass is 390 g/mol. The number of anilines is 2. The first-order chi connectivity index (χ1) is 12.9. The van der Waals surface area contributed by atoms with E-state index < -0.39 is 0 Å². The molecule has 2 aliphatic heterocycles. The summed E-state index contributed by atoms with van der Waals surface area (Å²) in [6.07, 6.45) is 0.0274. The molecule has 1 N–H and O–H groups in total. The number of hydrogen-bond donors (Lipinski definition) is 1. The summed E-state index contributed by atoms with van der Waals surface area (Å²) in [6, 6.07) is 5.80. The van der Waals surface area contributed by atoms with Gasteiger partial charge in [-0.15, -0.1) is 0 Å². The standard InChI is InChI=1S/C19H26N4O3S/c1-13-11-23(12-19(2,3)26-13)17(24)20-14-4-5-15-16(10-14)27-18(21-15)22-6-8-25-9-7-22/h4-5,10,13H,6-9,11-12H2,1-3H3,(H,20,24). The van der Waals surface area contributed by atoms with Crippen LogP contribution in [0.15, 0.2) is 18.2 Å². The average Bonchev–Trinajstić information content (AvgIpc) is 3.04. The van der Waals surface area contributed by atoms with Gasteiger partial charge < -0.3 is 24.6 Å². The summed E-state index contributed by atoms with van der Waals surface area (Å²) in [4.78, 5) is 21.5. The molecule has 4 rings (SSSR count). The molecule has 3 heterocycles. The van der Waals surface area contributed by atoms with E-state index in [2.05, 4.69) is 10.2 Å². The highest BCUT2D eigenvalue weighted by Gasteiger charge is 2.33. The van der Waals surface area contributed by atoms with Crippen LogP contribution in [0.2, 0.25) is 0 Å². The number of amides is 2. The van der Waals surface area contributed by atoms with Crippen LogP contribution in [0.3, 0.4) is 0 Å². The van der Waals surface area contributed by atoms with Gasteiger partial charge in [-0.05, 0) is 39.0 Å². The average molecular weight is 391 g/mol. The third kappa shape index (κ3) is 4.17. The predicted octanol–water partition coefficient (Wildman–Crippen LogP) is 3.16. The molecule has 2 aromatic rings. The minimum Gasteiger partial charge on any atom is -0.378 e. The molecule has 0 bridgehead atoms. The number of morpholine rings is 2. The van der Waals surface area contributed by atoms with Gasteiger partial charge in [-0.2, -0.15) is 0 Å². The van der Waals surface area contributed by atoms with E-state index in [-0.39, 0.29) is 17.7 Å². The van der Waals surface area contributed by atoms with Crippen LogP contribution in [0.1, 0.15) is 20.8 Å². The second-order valence-corrected chi connectivity index (χ2v) is 8.79. The summed E-state index contributed by atoms with van der Waals surface area (Å²) >= 11 is 1.66. The van der Waals surface area contributed by atoms with Crippen molar-refractivity contribution in [3.63, 3.8) is 0 Å². The molecule has 2 fully saturated rings. The van der Waals surface area contributed by atoms with Gasteiger partial charge in [0.05, 0.1) is 41.7 Å². The lowest BCUT2D eigenvalue weighted by Crippen LogP contribution is -2.54. The third-order valence-corrected chi connectivity index (χ3v) is 5.85. The number of thiazole rings is 1. The van der Waals surface area contributed by atoms with Crippen LogP contribution in [-0.4, -0.2) is 67.0 Å². The molecule has 0 saturated carbocycles. The van der Waals surface area contributed by atoms with Crippen LogP contribution in [0.25, 0.3) is 10.2 Å². The van der Waals surface area contributed by atoms with Crippen LogP contribution in [0.5, 0.6) is 0 Å². The van der Waals surface area contributed by atoms with Gasteiger partial charge in [-0.1, -0.05) is 11.3 Å². The maximum absolute atomic E-state index is 12.7. The second kappa shape index (κ2) is 7.26. The number of aromatic nitrogens is 1. The molecule has 2 saturated heterocycles. The summed E-state index contributed by atoms with van der Waals surface area (Å²) < 4.78 is 12.4. The van der Waals surface area contributed by atoms with Gasteiger partial charge in [-0.3, -0.25) is 0 Å². The van der Waals surface area contributed by atoms with Crippen molar-refractivity contribution in [2.45, 2.75) is 32.5 Å². The summed E-state index contributed by atoms with van der Waals surface area (Å²) in [6.45, 7) is 10.4. The quantitative estimate of drug-likeness (QED) is 0.853. The van der Waals surface area contributed by atoms with E-state index in [4.69, 9.17) is 14.5 Å². The van der Waals surface area contributed by atoms with Crippen molar-refractivity contribution in [3.8, 4) is 0 Å². The number of urea groups is 1. The third-order valence-electron chi connectivity index (χ3n) is 4.77. The molecule has 1 unspecified atom stereocenters. The van der Waals surface area contributed by atoms with E-state index >= 15 is 0 Å². The lowest BCUT2D eigenvalue weighted by atomic mass is 10.1. The lowest BCUT2D eigenvalue weighted by Gasteiger charge is -2.41. The fourth-order valence-electron chi connectivity index (χ4n) is 3.69. The van der Waals surface area contributed by atoms with Gasteiger partial charge in [0.1, 0.15) is 0 Å². The predicted molar refractivity (Wildman–Crippen MR) is 108 cm³/mol. The first-order valence-corrected chi connectivity index (χ1v) is 10.2. The van der Waals surface area contributed by atoms with Crippen molar-refractivity contribution in [1.82, 2.24) is 9.88 Å². The van der Waals surface area contributed by atoms with Crippen molar-refractivity contribution in [2.75, 3.05) is 49.6 Å². The number of rotatable bonds is 2. The summed E-state index contributed by atoms with van der Waals surface area (Å²) in [5, 5.41) is 4.04. The Morgan fingerprint density at radius 3 is 2.85 bits per heavy atom. The van der Waals surface area contributed by atoms with Crippen molar-refractivity contribution < 1.29 is 14.3 Å². The number of carbonyl (C=O) groups is 1. The van der Waals surface area contributed by atoms with Gasteiger partial charge in [0.25, 0.3) is 0 Å². The molecule has 8 heteroatoms. The number of ether oxygens (including phenoxy) is 2. The maximum Gasteiger partial charge on any atom is 0.322 e. The summed E-state index contributed by atoms with van der Waals surface area (Å²) in [5.41, 5.74) is 1.42. The van der Waals surface area contributed by atoms with E-state index in [1.54, 1.807) is 11.3 Å². The smallest absolute Gasteiger partial charge is 0.322 e. The van der Waals surface area contributed by atoms with Crippen LogP contribution < -0.4 is 10.2 Å². The van der Waals surface area contributed by atoms with Gasteiger partial charge >= 0.3 is 6.03 Å². The van der Waals surface area contributed by atoms with E-state index in [1.807, 2.05) is 43.9 Å². The summed E-state index contributed by atoms with van der Waals surface area (Å²) in [5.74, 6) is 0. The highest BCUT2D eigenvalue weighted by Crippen LogP contribution is 2.31. The zero-order valence-electron chi connectivity index (χ0n) is 16.0. The fraction of sp³-hybridized carbons (Fsp3) is 0.579. The Morgan fingerprint density at radius 2 is 2.11 bits per heavy atom. The topological polar surface area (TPSA) is 66.9 Å². The maximum atomic E-state index is 12.7. The Balaban J connectivity index is 1.48. The Morgan fingerprint density at radius 1 is 1.33 bits per heavy atom. The molecular weight excluding hydrogens is 364 g/mol. The largest absolute Gasteiger partial charge is 0.378 e. The van der Waals surface area contributed by atoms with Crippen molar-refractivity contribution in [3.05, 3.63) is 18.2 Å². The Labute approximate surface area is 163 Å². The minimum absolute atomic E-state index is 0.0274. The zero-order chi connectivity index (χ0) is 19.0. The normalized spacial score (nSPS) is 22.9. The van der Waals surface area contributed by atoms with Crippen LogP contribution >= 0.6 is 11.3 Å². The van der Waals surface area contributed by atoms with Crippen molar-refractivity contribution in [2.24, 2.45) is 0 Å². The van der Waals surface area contributed by atoms with Gasteiger partial charge in [-0.25, -0.2) is 9.78 Å². The second-order valence-electron chi connectivity index (χ2n) is 7.78. The highest BCUT2D eigenvalue weighted by atomic mass is 32.1. The highest BCUT2D eigenvalue weighted by molar-refractivity contribution is 7.22. The Kier molecular flexibility index (Phi) is 4.96. The molecule has 0 spiro atoms. The summed E-state index contributed by atoms with van der Waals surface area (Å²) in [7, 11) is 0. The van der Waals surface area contributed by atoms with E-state index in [1.165, 1.54) is 0 Å². The van der Waals surface area contributed by atoms with Crippen LogP contribution in [0, 0.1) is 0 Å². The number of hydrogen-bond acceptors (Lipinski definition) is 6. The molecule has 2 amide bonds. The van der Waals surface area contributed by atoms with E-state index in [9.17, 15) is 4.79 Å². The molecule has 2 aliphatic rings. The SMILES string of the molecule is CC1CN(C(=O)Nc2ccc3nc(N4CCOCC4)sc3c2)CC(C)(C)O1. The van der Waals surface area contributed by atoms with Gasteiger partial charge in [0.15, 0.2) is 5.13 Å². The molecule has 0 radical (unpaired) electrons. The number of nitrogens with one attached hydrogen (secondary N) is 1. The molecule has 0 aliphatic carbocycles. The Hall–Kier alpha value is -1.90. The van der Waals surface area contributed by atoms with Crippen molar-refractivity contribution >= 4 is 38.4 Å². The number of benzene rings is 1. The number of carbonyl (C=O) groups excluding carboxylic acids is 1. The molecule has 146 valence electrons. The van der Waals surface area contributed by atoms with Crippen LogP contribution in [0.4, 0.5) is 15.6 Å². The lowest BCUT2D eigenvalue weighted by molar-refractivity contribution is -0.116. The van der Waals surface area contributed by atoms with Crippen molar-refractivity contribution in [1.29, 1.82) is 0 Å². The zero-order valence-corrected chi connectivity index (χ0v) is 16.8. The van der Waals surface area contributed by atoms with Crippen LogP contribution in [-0.2, 0) is 9.47 Å². The molecule has 1 aromatic carbocycles.